The van der Waals surface area contributed by atoms with Gasteiger partial charge in [0.1, 0.15) is 18.0 Å². The SMILES string of the molecule is CCCNC(Cc1ncnn1C)c1ccc(Cl)c(F)c1. The van der Waals surface area contributed by atoms with Crippen molar-refractivity contribution in [1.82, 2.24) is 20.1 Å². The lowest BCUT2D eigenvalue weighted by Crippen LogP contribution is -2.25. The Bertz CT molecular complexity index is 570. The summed E-state index contributed by atoms with van der Waals surface area (Å²) in [6, 6.07) is 4.90. The normalized spacial score (nSPS) is 12.6. The second kappa shape index (κ2) is 6.81. The van der Waals surface area contributed by atoms with Crippen molar-refractivity contribution in [2.24, 2.45) is 7.05 Å². The smallest absolute Gasteiger partial charge is 0.142 e. The Morgan fingerprint density at radius 2 is 2.25 bits per heavy atom. The van der Waals surface area contributed by atoms with Crippen molar-refractivity contribution < 1.29 is 4.39 Å². The molecule has 1 aromatic heterocycles. The van der Waals surface area contributed by atoms with E-state index in [2.05, 4.69) is 22.3 Å². The van der Waals surface area contributed by atoms with Gasteiger partial charge in [0.2, 0.25) is 0 Å². The Kier molecular flexibility index (Phi) is 5.09. The maximum Gasteiger partial charge on any atom is 0.142 e. The minimum Gasteiger partial charge on any atom is -0.310 e. The van der Waals surface area contributed by atoms with E-state index < -0.39 is 5.82 Å². The molecule has 0 saturated carbocycles. The second-order valence-electron chi connectivity index (χ2n) is 4.68. The lowest BCUT2D eigenvalue weighted by molar-refractivity contribution is 0.503. The minimum atomic E-state index is -0.398. The lowest BCUT2D eigenvalue weighted by atomic mass is 10.0. The van der Waals surface area contributed by atoms with E-state index >= 15 is 0 Å². The number of hydrogen-bond donors (Lipinski definition) is 1. The van der Waals surface area contributed by atoms with Gasteiger partial charge in [0.15, 0.2) is 0 Å². The van der Waals surface area contributed by atoms with Gasteiger partial charge in [0.05, 0.1) is 5.02 Å². The van der Waals surface area contributed by atoms with Gasteiger partial charge in [-0.05, 0) is 30.7 Å². The fraction of sp³-hybridized carbons (Fsp3) is 0.429. The molecule has 0 aliphatic rings. The molecule has 0 aliphatic carbocycles. The first-order chi connectivity index (χ1) is 9.61. The van der Waals surface area contributed by atoms with Crippen molar-refractivity contribution in [1.29, 1.82) is 0 Å². The quantitative estimate of drug-likeness (QED) is 0.891. The van der Waals surface area contributed by atoms with Crippen LogP contribution >= 0.6 is 11.6 Å². The molecule has 4 nitrogen and oxygen atoms in total. The van der Waals surface area contributed by atoms with Crippen LogP contribution in [-0.4, -0.2) is 21.3 Å². The molecular formula is C14H18ClFN4. The van der Waals surface area contributed by atoms with Crippen LogP contribution in [0.4, 0.5) is 4.39 Å². The number of hydrogen-bond acceptors (Lipinski definition) is 3. The van der Waals surface area contributed by atoms with Crippen LogP contribution in [0.1, 0.15) is 30.8 Å². The summed E-state index contributed by atoms with van der Waals surface area (Å²) in [7, 11) is 1.85. The van der Waals surface area contributed by atoms with E-state index in [0.29, 0.717) is 6.42 Å². The maximum atomic E-state index is 13.6. The number of nitrogens with one attached hydrogen (secondary N) is 1. The molecule has 1 aromatic carbocycles. The summed E-state index contributed by atoms with van der Waals surface area (Å²) in [5, 5.41) is 7.61. The molecule has 0 fully saturated rings. The average Bonchev–Trinajstić information content (AvgIpc) is 2.83. The van der Waals surface area contributed by atoms with Crippen molar-refractivity contribution in [3.05, 3.63) is 46.8 Å². The predicted octanol–water partition coefficient (Wildman–Crippen LogP) is 2.89. The summed E-state index contributed by atoms with van der Waals surface area (Å²) in [6.45, 7) is 2.95. The Balaban J connectivity index is 2.22. The third-order valence-corrected chi connectivity index (χ3v) is 3.49. The van der Waals surface area contributed by atoms with E-state index in [-0.39, 0.29) is 11.1 Å². The number of aromatic nitrogens is 3. The molecule has 6 heteroatoms. The van der Waals surface area contributed by atoms with Gasteiger partial charge in [-0.2, -0.15) is 5.10 Å². The highest BCUT2D eigenvalue weighted by atomic mass is 35.5. The molecule has 2 rings (SSSR count). The molecule has 1 atom stereocenters. The van der Waals surface area contributed by atoms with Crippen LogP contribution < -0.4 is 5.32 Å². The zero-order chi connectivity index (χ0) is 14.5. The standard InChI is InChI=1S/C14H18ClFN4/c1-3-6-17-13(8-14-18-9-19-20(14)2)10-4-5-11(15)12(16)7-10/h4-5,7,9,13,17H,3,6,8H2,1-2H3. The molecule has 1 N–H and O–H groups in total. The lowest BCUT2D eigenvalue weighted by Gasteiger charge is -2.19. The van der Waals surface area contributed by atoms with E-state index in [4.69, 9.17) is 11.6 Å². The monoisotopic (exact) mass is 296 g/mol. The molecule has 0 radical (unpaired) electrons. The van der Waals surface area contributed by atoms with Crippen molar-refractivity contribution in [2.45, 2.75) is 25.8 Å². The number of rotatable bonds is 6. The molecule has 1 unspecified atom stereocenters. The molecule has 0 aliphatic heterocycles. The molecule has 108 valence electrons. The number of aryl methyl sites for hydroxylation is 1. The largest absolute Gasteiger partial charge is 0.310 e. The maximum absolute atomic E-state index is 13.6. The van der Waals surface area contributed by atoms with Gasteiger partial charge in [0.25, 0.3) is 0 Å². The fourth-order valence-electron chi connectivity index (χ4n) is 2.04. The molecule has 20 heavy (non-hydrogen) atoms. The van der Waals surface area contributed by atoms with Crippen LogP contribution in [0.5, 0.6) is 0 Å². The Morgan fingerprint density at radius 3 is 2.85 bits per heavy atom. The first-order valence-corrected chi connectivity index (χ1v) is 7.00. The van der Waals surface area contributed by atoms with E-state index in [1.54, 1.807) is 10.7 Å². The van der Waals surface area contributed by atoms with Crippen LogP contribution in [0, 0.1) is 5.82 Å². The molecule has 0 spiro atoms. The minimum absolute atomic E-state index is 0.00961. The Hall–Kier alpha value is -1.46. The van der Waals surface area contributed by atoms with Crippen LogP contribution in [-0.2, 0) is 13.5 Å². The molecular weight excluding hydrogens is 279 g/mol. The summed E-state index contributed by atoms with van der Waals surface area (Å²) in [5.74, 6) is 0.458. The Morgan fingerprint density at radius 1 is 1.45 bits per heavy atom. The van der Waals surface area contributed by atoms with Gasteiger partial charge in [-0.15, -0.1) is 0 Å². The third-order valence-electron chi connectivity index (χ3n) is 3.18. The van der Waals surface area contributed by atoms with Crippen LogP contribution in [0.15, 0.2) is 24.5 Å². The van der Waals surface area contributed by atoms with Crippen molar-refractivity contribution in [2.75, 3.05) is 6.54 Å². The van der Waals surface area contributed by atoms with E-state index in [1.165, 1.54) is 12.4 Å². The molecule has 0 amide bonds. The molecule has 2 aromatic rings. The summed E-state index contributed by atoms with van der Waals surface area (Å²) in [6.07, 6.45) is 3.18. The molecule has 0 bridgehead atoms. The summed E-state index contributed by atoms with van der Waals surface area (Å²) in [5.41, 5.74) is 0.864. The topological polar surface area (TPSA) is 42.7 Å². The zero-order valence-corrected chi connectivity index (χ0v) is 12.4. The predicted molar refractivity (Wildman–Crippen MR) is 77.2 cm³/mol. The van der Waals surface area contributed by atoms with E-state index in [1.807, 2.05) is 13.1 Å². The summed E-state index contributed by atoms with van der Waals surface area (Å²) in [4.78, 5) is 4.22. The summed E-state index contributed by atoms with van der Waals surface area (Å²) >= 11 is 5.74. The van der Waals surface area contributed by atoms with Crippen molar-refractivity contribution in [3.8, 4) is 0 Å². The van der Waals surface area contributed by atoms with Gasteiger partial charge in [-0.25, -0.2) is 9.37 Å². The number of benzene rings is 1. The second-order valence-corrected chi connectivity index (χ2v) is 5.09. The highest BCUT2D eigenvalue weighted by molar-refractivity contribution is 6.30. The van der Waals surface area contributed by atoms with Crippen LogP contribution in [0.25, 0.3) is 0 Å². The Labute approximate surface area is 123 Å². The van der Waals surface area contributed by atoms with Gasteiger partial charge in [-0.3, -0.25) is 4.68 Å². The van der Waals surface area contributed by atoms with E-state index in [9.17, 15) is 4.39 Å². The van der Waals surface area contributed by atoms with E-state index in [0.717, 1.165) is 24.4 Å². The van der Waals surface area contributed by atoms with Gasteiger partial charge < -0.3 is 5.32 Å². The number of nitrogens with zero attached hydrogens (tertiary/aromatic N) is 3. The first kappa shape index (κ1) is 14.9. The molecule has 0 saturated heterocycles. The van der Waals surface area contributed by atoms with Crippen molar-refractivity contribution >= 4 is 11.6 Å². The highest BCUT2D eigenvalue weighted by Gasteiger charge is 2.16. The zero-order valence-electron chi connectivity index (χ0n) is 11.6. The van der Waals surface area contributed by atoms with Crippen molar-refractivity contribution in [3.63, 3.8) is 0 Å². The first-order valence-electron chi connectivity index (χ1n) is 6.63. The third kappa shape index (κ3) is 3.55. The van der Waals surface area contributed by atoms with Crippen LogP contribution in [0.2, 0.25) is 5.02 Å². The highest BCUT2D eigenvalue weighted by Crippen LogP contribution is 2.22. The summed E-state index contributed by atoms with van der Waals surface area (Å²) < 4.78 is 15.4. The average molecular weight is 297 g/mol. The fourth-order valence-corrected chi connectivity index (χ4v) is 2.16. The van der Waals surface area contributed by atoms with Gasteiger partial charge in [0, 0.05) is 19.5 Å². The van der Waals surface area contributed by atoms with Crippen LogP contribution in [0.3, 0.4) is 0 Å². The van der Waals surface area contributed by atoms with Gasteiger partial charge >= 0.3 is 0 Å². The van der Waals surface area contributed by atoms with Gasteiger partial charge in [-0.1, -0.05) is 24.6 Å². The molecule has 1 heterocycles. The number of halogens is 2.